The first-order valence-corrected chi connectivity index (χ1v) is 6.64. The Morgan fingerprint density at radius 3 is 2.85 bits per heavy atom. The van der Waals surface area contributed by atoms with E-state index < -0.39 is 0 Å². The van der Waals surface area contributed by atoms with E-state index in [-0.39, 0.29) is 5.91 Å². The zero-order chi connectivity index (χ0) is 13.9. The fraction of sp³-hybridized carbons (Fsp3) is 0.118. The first-order chi connectivity index (χ1) is 9.72. The van der Waals surface area contributed by atoms with Crippen molar-refractivity contribution in [2.24, 2.45) is 0 Å². The van der Waals surface area contributed by atoms with E-state index in [1.54, 1.807) is 0 Å². The summed E-state index contributed by atoms with van der Waals surface area (Å²) in [6.45, 7) is 1.99. The van der Waals surface area contributed by atoms with Gasteiger partial charge in [-0.05, 0) is 47.7 Å². The Labute approximate surface area is 117 Å². The monoisotopic (exact) mass is 264 g/mol. The molecule has 0 saturated heterocycles. The molecule has 3 nitrogen and oxygen atoms in total. The molecule has 2 aromatic carbocycles. The Hall–Kier alpha value is -2.55. The second-order valence-electron chi connectivity index (χ2n) is 4.94. The summed E-state index contributed by atoms with van der Waals surface area (Å²) in [4.78, 5) is 15.2. The average molecular weight is 264 g/mol. The number of aryl methyl sites for hydroxylation is 1. The first-order valence-electron chi connectivity index (χ1n) is 6.64. The number of aromatic amines is 1. The second-order valence-corrected chi connectivity index (χ2v) is 4.94. The number of carbonyl (C=O) groups excluding carboxylic acids is 1. The molecule has 3 aromatic rings. The van der Waals surface area contributed by atoms with E-state index in [4.69, 9.17) is 0 Å². The SMILES string of the molecule is Cc1ccccc1NC(=O)Cc1ccc2[nH]ccc2c1. The Bertz CT molecular complexity index is 758. The van der Waals surface area contributed by atoms with Crippen LogP contribution in [0, 0.1) is 6.92 Å². The summed E-state index contributed by atoms with van der Waals surface area (Å²) in [6, 6.07) is 15.8. The molecule has 0 aliphatic carbocycles. The number of nitrogens with one attached hydrogen (secondary N) is 2. The molecular weight excluding hydrogens is 248 g/mol. The predicted molar refractivity (Wildman–Crippen MR) is 81.8 cm³/mol. The molecule has 1 heterocycles. The van der Waals surface area contributed by atoms with E-state index in [1.165, 1.54) is 0 Å². The maximum Gasteiger partial charge on any atom is 0.228 e. The summed E-state index contributed by atoms with van der Waals surface area (Å²) in [7, 11) is 0. The smallest absolute Gasteiger partial charge is 0.228 e. The van der Waals surface area contributed by atoms with Gasteiger partial charge in [0.1, 0.15) is 0 Å². The van der Waals surface area contributed by atoms with Crippen molar-refractivity contribution in [3.63, 3.8) is 0 Å². The molecule has 0 saturated carbocycles. The lowest BCUT2D eigenvalue weighted by Gasteiger charge is -2.08. The van der Waals surface area contributed by atoms with E-state index >= 15 is 0 Å². The summed E-state index contributed by atoms with van der Waals surface area (Å²) >= 11 is 0. The van der Waals surface area contributed by atoms with Gasteiger partial charge >= 0.3 is 0 Å². The number of carbonyl (C=O) groups is 1. The lowest BCUT2D eigenvalue weighted by atomic mass is 10.1. The highest BCUT2D eigenvalue weighted by Crippen LogP contribution is 2.16. The average Bonchev–Trinajstić information content (AvgIpc) is 2.89. The van der Waals surface area contributed by atoms with Crippen LogP contribution in [0.1, 0.15) is 11.1 Å². The fourth-order valence-corrected chi connectivity index (χ4v) is 2.31. The molecule has 0 aliphatic heterocycles. The molecule has 0 aliphatic rings. The van der Waals surface area contributed by atoms with Crippen LogP contribution in [-0.2, 0) is 11.2 Å². The van der Waals surface area contributed by atoms with Gasteiger partial charge in [0.05, 0.1) is 6.42 Å². The number of aromatic nitrogens is 1. The summed E-state index contributed by atoms with van der Waals surface area (Å²) in [5, 5.41) is 4.08. The molecule has 20 heavy (non-hydrogen) atoms. The highest BCUT2D eigenvalue weighted by molar-refractivity contribution is 5.93. The van der Waals surface area contributed by atoms with Crippen LogP contribution in [0.15, 0.2) is 54.7 Å². The van der Waals surface area contributed by atoms with Crippen LogP contribution in [0.4, 0.5) is 5.69 Å². The van der Waals surface area contributed by atoms with Gasteiger partial charge < -0.3 is 10.3 Å². The van der Waals surface area contributed by atoms with Crippen LogP contribution in [0.5, 0.6) is 0 Å². The standard InChI is InChI=1S/C17H16N2O/c1-12-4-2-3-5-15(12)19-17(20)11-13-6-7-16-14(10-13)8-9-18-16/h2-10,18H,11H2,1H3,(H,19,20). The molecule has 0 bridgehead atoms. The number of anilines is 1. The van der Waals surface area contributed by atoms with Crippen molar-refractivity contribution < 1.29 is 4.79 Å². The number of H-pyrrole nitrogens is 1. The van der Waals surface area contributed by atoms with Crippen molar-refractivity contribution in [2.75, 3.05) is 5.32 Å². The van der Waals surface area contributed by atoms with Crippen molar-refractivity contribution >= 4 is 22.5 Å². The number of rotatable bonds is 3. The quantitative estimate of drug-likeness (QED) is 0.745. The summed E-state index contributed by atoms with van der Waals surface area (Å²) < 4.78 is 0. The van der Waals surface area contributed by atoms with Crippen molar-refractivity contribution in [1.82, 2.24) is 4.98 Å². The van der Waals surface area contributed by atoms with Crippen LogP contribution < -0.4 is 5.32 Å². The Balaban J connectivity index is 1.74. The van der Waals surface area contributed by atoms with Gasteiger partial charge in [0.15, 0.2) is 0 Å². The number of benzene rings is 2. The van der Waals surface area contributed by atoms with Crippen LogP contribution in [-0.4, -0.2) is 10.9 Å². The van der Waals surface area contributed by atoms with Crippen molar-refractivity contribution in [2.45, 2.75) is 13.3 Å². The van der Waals surface area contributed by atoms with Gasteiger partial charge in [-0.1, -0.05) is 24.3 Å². The third kappa shape index (κ3) is 2.57. The Morgan fingerprint density at radius 2 is 2.00 bits per heavy atom. The Morgan fingerprint density at radius 1 is 1.15 bits per heavy atom. The Kier molecular flexibility index (Phi) is 3.25. The number of fused-ring (bicyclic) bond motifs is 1. The second kappa shape index (κ2) is 5.21. The summed E-state index contributed by atoms with van der Waals surface area (Å²) in [5.41, 5.74) is 4.05. The van der Waals surface area contributed by atoms with Gasteiger partial charge in [0, 0.05) is 17.4 Å². The van der Waals surface area contributed by atoms with E-state index in [1.807, 2.05) is 61.7 Å². The van der Waals surface area contributed by atoms with Gasteiger partial charge in [-0.15, -0.1) is 0 Å². The lowest BCUT2D eigenvalue weighted by molar-refractivity contribution is -0.115. The maximum absolute atomic E-state index is 12.1. The predicted octanol–water partition coefficient (Wildman–Crippen LogP) is 3.66. The van der Waals surface area contributed by atoms with Gasteiger partial charge in [-0.3, -0.25) is 4.79 Å². The van der Waals surface area contributed by atoms with E-state index in [0.29, 0.717) is 6.42 Å². The van der Waals surface area contributed by atoms with Crippen LogP contribution in [0.2, 0.25) is 0 Å². The van der Waals surface area contributed by atoms with Gasteiger partial charge in [0.25, 0.3) is 0 Å². The van der Waals surface area contributed by atoms with Crippen molar-refractivity contribution in [3.05, 3.63) is 65.9 Å². The van der Waals surface area contributed by atoms with E-state index in [2.05, 4.69) is 10.3 Å². The fourth-order valence-electron chi connectivity index (χ4n) is 2.31. The highest BCUT2D eigenvalue weighted by Gasteiger charge is 2.06. The van der Waals surface area contributed by atoms with Crippen molar-refractivity contribution in [1.29, 1.82) is 0 Å². The maximum atomic E-state index is 12.1. The zero-order valence-corrected chi connectivity index (χ0v) is 11.3. The third-order valence-electron chi connectivity index (χ3n) is 3.40. The molecule has 0 atom stereocenters. The molecule has 0 fully saturated rings. The van der Waals surface area contributed by atoms with E-state index in [9.17, 15) is 4.79 Å². The number of hydrogen-bond acceptors (Lipinski definition) is 1. The highest BCUT2D eigenvalue weighted by atomic mass is 16.1. The van der Waals surface area contributed by atoms with Crippen molar-refractivity contribution in [3.8, 4) is 0 Å². The minimum Gasteiger partial charge on any atom is -0.361 e. The third-order valence-corrected chi connectivity index (χ3v) is 3.40. The zero-order valence-electron chi connectivity index (χ0n) is 11.3. The minimum atomic E-state index is 0.00851. The van der Waals surface area contributed by atoms with Crippen LogP contribution >= 0.6 is 0 Å². The van der Waals surface area contributed by atoms with Crippen LogP contribution in [0.3, 0.4) is 0 Å². The summed E-state index contributed by atoms with van der Waals surface area (Å²) in [6.07, 6.45) is 2.29. The molecule has 3 rings (SSSR count). The molecule has 3 heteroatoms. The molecule has 0 spiro atoms. The van der Waals surface area contributed by atoms with Gasteiger partial charge in [-0.25, -0.2) is 0 Å². The summed E-state index contributed by atoms with van der Waals surface area (Å²) in [5.74, 6) is 0.00851. The normalized spacial score (nSPS) is 10.7. The van der Waals surface area contributed by atoms with E-state index in [0.717, 1.165) is 27.7 Å². The minimum absolute atomic E-state index is 0.00851. The molecule has 0 unspecified atom stereocenters. The van der Waals surface area contributed by atoms with Gasteiger partial charge in [0.2, 0.25) is 5.91 Å². The number of para-hydroxylation sites is 1. The molecule has 100 valence electrons. The lowest BCUT2D eigenvalue weighted by Crippen LogP contribution is -2.15. The molecule has 0 radical (unpaired) electrons. The van der Waals surface area contributed by atoms with Crippen LogP contribution in [0.25, 0.3) is 10.9 Å². The molecular formula is C17H16N2O. The molecule has 2 N–H and O–H groups in total. The van der Waals surface area contributed by atoms with Gasteiger partial charge in [-0.2, -0.15) is 0 Å². The molecule has 1 aromatic heterocycles. The topological polar surface area (TPSA) is 44.9 Å². The molecule has 1 amide bonds. The number of hydrogen-bond donors (Lipinski definition) is 2. The number of amides is 1. The largest absolute Gasteiger partial charge is 0.361 e. The first kappa shape index (κ1) is 12.5.